The van der Waals surface area contributed by atoms with Crippen molar-refractivity contribution in [2.75, 3.05) is 11.5 Å². The molecule has 2 rings (SSSR count). The highest BCUT2D eigenvalue weighted by molar-refractivity contribution is 8.18. The van der Waals surface area contributed by atoms with E-state index in [1.54, 1.807) is 0 Å². The molecule has 1 saturated carbocycles. The van der Waals surface area contributed by atoms with Gasteiger partial charge in [-0.3, -0.25) is 0 Å². The van der Waals surface area contributed by atoms with Crippen LogP contribution < -0.4 is 0 Å². The minimum atomic E-state index is -3.86. The lowest BCUT2D eigenvalue weighted by Gasteiger charge is -2.34. The van der Waals surface area contributed by atoms with Crippen LogP contribution in [0.5, 0.6) is 0 Å². The van der Waals surface area contributed by atoms with Crippen LogP contribution in [0, 0.1) is 0 Å². The zero-order valence-electron chi connectivity index (χ0n) is 8.78. The smallest absolute Gasteiger partial charge is 0.199 e. The molecule has 6 heteroatoms. The second-order valence-corrected chi connectivity index (χ2v) is 7.43. The van der Waals surface area contributed by atoms with Crippen LogP contribution >= 0.6 is 23.5 Å². The third-order valence-corrected chi connectivity index (χ3v) is 6.77. The van der Waals surface area contributed by atoms with Gasteiger partial charge in [0.05, 0.1) is 15.6 Å². The quantitative estimate of drug-likeness (QED) is 0.601. The first-order valence-corrected chi connectivity index (χ1v) is 7.38. The lowest BCUT2D eigenvalue weighted by molar-refractivity contribution is -0.178. The van der Waals surface area contributed by atoms with Crippen LogP contribution in [0.15, 0.2) is 0 Å². The molecule has 0 amide bonds. The van der Waals surface area contributed by atoms with E-state index < -0.39 is 23.4 Å². The summed E-state index contributed by atoms with van der Waals surface area (Å²) in [6.45, 7) is 0. The minimum absolute atomic E-state index is 0.373. The van der Waals surface area contributed by atoms with Crippen molar-refractivity contribution < 1.29 is 17.6 Å². The fourth-order valence-electron chi connectivity index (χ4n) is 2.08. The van der Waals surface area contributed by atoms with Gasteiger partial charge in [-0.1, -0.05) is 19.3 Å². The molecule has 16 heavy (non-hydrogen) atoms. The van der Waals surface area contributed by atoms with Crippen molar-refractivity contribution in [3.63, 3.8) is 0 Å². The molecule has 1 heterocycles. The molecule has 0 radical (unpaired) electrons. The maximum Gasteiger partial charge on any atom is 0.319 e. The van der Waals surface area contributed by atoms with Crippen LogP contribution in [0.4, 0.5) is 17.6 Å². The van der Waals surface area contributed by atoms with Gasteiger partial charge in [0.15, 0.2) is 0 Å². The Hall–Kier alpha value is 0.420. The van der Waals surface area contributed by atoms with Gasteiger partial charge in [-0.15, -0.1) is 23.5 Å². The van der Waals surface area contributed by atoms with Crippen molar-refractivity contribution in [2.45, 2.75) is 48.0 Å². The van der Waals surface area contributed by atoms with Gasteiger partial charge in [-0.25, -0.2) is 0 Å². The van der Waals surface area contributed by atoms with Gasteiger partial charge >= 0.3 is 11.8 Å². The minimum Gasteiger partial charge on any atom is -0.199 e. The number of rotatable bonds is 0. The second kappa shape index (κ2) is 4.26. The molecular formula is C10H14F4S2. The SMILES string of the molecule is FC1(F)CSC2(CCCCC2)SCC1(F)F. The molecule has 1 aliphatic carbocycles. The predicted octanol–water partition coefficient (Wildman–Crippen LogP) is 4.40. The molecular weight excluding hydrogens is 260 g/mol. The topological polar surface area (TPSA) is 0 Å². The van der Waals surface area contributed by atoms with Crippen molar-refractivity contribution in [3.05, 3.63) is 0 Å². The molecule has 1 aliphatic heterocycles. The maximum atomic E-state index is 13.2. The lowest BCUT2D eigenvalue weighted by Crippen LogP contribution is -2.43. The van der Waals surface area contributed by atoms with Crippen LogP contribution in [0.2, 0.25) is 0 Å². The fourth-order valence-corrected chi connectivity index (χ4v) is 5.23. The summed E-state index contributed by atoms with van der Waals surface area (Å²) in [5, 5.41) is 0. The van der Waals surface area contributed by atoms with E-state index in [-0.39, 0.29) is 4.08 Å². The molecule has 1 spiro atoms. The van der Waals surface area contributed by atoms with Gasteiger partial charge in [0.1, 0.15) is 0 Å². The first-order chi connectivity index (χ1) is 7.37. The van der Waals surface area contributed by atoms with Gasteiger partial charge in [0.2, 0.25) is 0 Å². The highest BCUT2D eigenvalue weighted by Crippen LogP contribution is 2.56. The molecule has 0 N–H and O–H groups in total. The van der Waals surface area contributed by atoms with Crippen molar-refractivity contribution >= 4 is 23.5 Å². The van der Waals surface area contributed by atoms with E-state index in [1.165, 1.54) is 0 Å². The van der Waals surface area contributed by atoms with Crippen LogP contribution in [0.1, 0.15) is 32.1 Å². The van der Waals surface area contributed by atoms with Crippen molar-refractivity contribution in [3.8, 4) is 0 Å². The van der Waals surface area contributed by atoms with Crippen molar-refractivity contribution in [1.29, 1.82) is 0 Å². The molecule has 94 valence electrons. The summed E-state index contributed by atoms with van der Waals surface area (Å²) in [5.41, 5.74) is 0. The number of halogens is 4. The summed E-state index contributed by atoms with van der Waals surface area (Å²) in [4.78, 5) is 0. The number of alkyl halides is 4. The Balaban J connectivity index is 2.12. The molecule has 2 fully saturated rings. The van der Waals surface area contributed by atoms with Crippen LogP contribution in [-0.4, -0.2) is 27.4 Å². The van der Waals surface area contributed by atoms with Gasteiger partial charge < -0.3 is 0 Å². The van der Waals surface area contributed by atoms with E-state index in [1.807, 2.05) is 0 Å². The molecule has 2 aliphatic rings. The number of hydrogen-bond acceptors (Lipinski definition) is 2. The lowest BCUT2D eigenvalue weighted by atomic mass is 10.00. The standard InChI is InChI=1S/C10H14F4S2/c11-9(12)6-15-8(4-2-1-3-5-8)16-7-10(9,13)14/h1-7H2. The number of hydrogen-bond donors (Lipinski definition) is 0. The normalized spacial score (nSPS) is 32.2. The second-order valence-electron chi connectivity index (χ2n) is 4.46. The third kappa shape index (κ3) is 2.33. The van der Waals surface area contributed by atoms with E-state index in [2.05, 4.69) is 0 Å². The van der Waals surface area contributed by atoms with Crippen molar-refractivity contribution in [1.82, 2.24) is 0 Å². The Labute approximate surface area is 101 Å². The molecule has 0 unspecified atom stereocenters. The summed E-state index contributed by atoms with van der Waals surface area (Å²) < 4.78 is 52.4. The molecule has 0 aromatic heterocycles. The Morgan fingerprint density at radius 3 is 1.56 bits per heavy atom. The van der Waals surface area contributed by atoms with Crippen LogP contribution in [0.25, 0.3) is 0 Å². The predicted molar refractivity (Wildman–Crippen MR) is 60.6 cm³/mol. The molecule has 0 bridgehead atoms. The Kier molecular flexibility index (Phi) is 3.43. The maximum absolute atomic E-state index is 13.2. The molecule has 0 nitrogen and oxygen atoms in total. The van der Waals surface area contributed by atoms with Crippen LogP contribution in [0.3, 0.4) is 0 Å². The largest absolute Gasteiger partial charge is 0.319 e. The molecule has 1 saturated heterocycles. The molecule has 0 aromatic carbocycles. The molecule has 0 aromatic rings. The van der Waals surface area contributed by atoms with Crippen molar-refractivity contribution in [2.24, 2.45) is 0 Å². The first kappa shape index (κ1) is 12.9. The molecule has 0 atom stereocenters. The zero-order valence-corrected chi connectivity index (χ0v) is 10.4. The summed E-state index contributed by atoms with van der Waals surface area (Å²) in [7, 11) is 0. The third-order valence-electron chi connectivity index (χ3n) is 3.18. The average molecular weight is 274 g/mol. The average Bonchev–Trinajstić information content (AvgIpc) is 2.32. The van der Waals surface area contributed by atoms with E-state index in [0.29, 0.717) is 0 Å². The Morgan fingerprint density at radius 2 is 1.12 bits per heavy atom. The van der Waals surface area contributed by atoms with E-state index in [9.17, 15) is 17.6 Å². The Morgan fingerprint density at radius 1 is 0.688 bits per heavy atom. The van der Waals surface area contributed by atoms with Gasteiger partial charge in [-0.05, 0) is 12.8 Å². The zero-order chi connectivity index (χ0) is 11.9. The van der Waals surface area contributed by atoms with Gasteiger partial charge in [-0.2, -0.15) is 17.6 Å². The number of thioether (sulfide) groups is 2. The Bertz CT molecular complexity index is 242. The summed E-state index contributed by atoms with van der Waals surface area (Å²) in [6.07, 6.45) is 4.60. The summed E-state index contributed by atoms with van der Waals surface area (Å²) in [6, 6.07) is 0. The summed E-state index contributed by atoms with van der Waals surface area (Å²) in [5.74, 6) is -9.20. The fraction of sp³-hybridized carbons (Fsp3) is 1.00. The van der Waals surface area contributed by atoms with Gasteiger partial charge in [0.25, 0.3) is 0 Å². The highest BCUT2D eigenvalue weighted by atomic mass is 32.2. The monoisotopic (exact) mass is 274 g/mol. The van der Waals surface area contributed by atoms with E-state index in [0.717, 1.165) is 55.6 Å². The summed E-state index contributed by atoms with van der Waals surface area (Å²) >= 11 is 2.10. The van der Waals surface area contributed by atoms with E-state index >= 15 is 0 Å². The first-order valence-electron chi connectivity index (χ1n) is 5.41. The van der Waals surface area contributed by atoms with E-state index in [4.69, 9.17) is 0 Å². The highest BCUT2D eigenvalue weighted by Gasteiger charge is 2.59. The van der Waals surface area contributed by atoms with Gasteiger partial charge in [0, 0.05) is 0 Å². The van der Waals surface area contributed by atoms with Crippen LogP contribution in [-0.2, 0) is 0 Å².